The van der Waals surface area contributed by atoms with Crippen LogP contribution in [0.4, 0.5) is 5.69 Å². The number of benzene rings is 1. The molecular formula is C13H17Cl2NO. The molecule has 0 aromatic heterocycles. The number of nitrogens with one attached hydrogen (secondary N) is 1. The third kappa shape index (κ3) is 2.80. The van der Waals surface area contributed by atoms with Gasteiger partial charge in [-0.05, 0) is 36.8 Å². The molecule has 2 N–H and O–H groups in total. The van der Waals surface area contributed by atoms with E-state index in [0.29, 0.717) is 16.1 Å². The van der Waals surface area contributed by atoms with E-state index in [4.69, 9.17) is 23.2 Å². The van der Waals surface area contributed by atoms with Crippen molar-refractivity contribution in [3.63, 3.8) is 0 Å². The van der Waals surface area contributed by atoms with Gasteiger partial charge in [0.15, 0.2) is 5.75 Å². The molecule has 0 radical (unpaired) electrons. The highest BCUT2D eigenvalue weighted by Crippen LogP contribution is 2.38. The number of anilines is 1. The summed E-state index contributed by atoms with van der Waals surface area (Å²) >= 11 is 11.7. The van der Waals surface area contributed by atoms with Crippen LogP contribution < -0.4 is 5.32 Å². The molecule has 0 amide bonds. The van der Waals surface area contributed by atoms with E-state index in [1.165, 1.54) is 12.8 Å². The molecule has 0 heterocycles. The summed E-state index contributed by atoms with van der Waals surface area (Å²) < 4.78 is 0. The first kappa shape index (κ1) is 12.8. The predicted molar refractivity (Wildman–Crippen MR) is 73.1 cm³/mol. The second kappa shape index (κ2) is 4.95. The molecule has 1 aromatic carbocycles. The van der Waals surface area contributed by atoms with Gasteiger partial charge in [-0.15, -0.1) is 0 Å². The van der Waals surface area contributed by atoms with Gasteiger partial charge >= 0.3 is 0 Å². The Kier molecular flexibility index (Phi) is 3.74. The summed E-state index contributed by atoms with van der Waals surface area (Å²) in [6.07, 6.45) is 2.38. The monoisotopic (exact) mass is 273 g/mol. The Balaban J connectivity index is 1.97. The minimum Gasteiger partial charge on any atom is -0.505 e. The lowest BCUT2D eigenvalue weighted by atomic mass is 9.73. The van der Waals surface area contributed by atoms with E-state index in [9.17, 15) is 5.11 Å². The van der Waals surface area contributed by atoms with E-state index in [1.54, 1.807) is 12.1 Å². The van der Waals surface area contributed by atoms with Crippen LogP contribution in [0.3, 0.4) is 0 Å². The molecule has 0 atom stereocenters. The smallest absolute Gasteiger partial charge is 0.152 e. The molecule has 0 unspecified atom stereocenters. The van der Waals surface area contributed by atoms with Crippen LogP contribution in [-0.4, -0.2) is 11.1 Å². The highest BCUT2D eigenvalue weighted by Gasteiger charge is 2.31. The first-order chi connectivity index (χ1) is 7.97. The average molecular weight is 274 g/mol. The SMILES string of the molecule is CC(C)C1CC(Nc2cc(Cl)c(O)c(Cl)c2)C1. The molecule has 1 aliphatic rings. The topological polar surface area (TPSA) is 32.3 Å². The number of aromatic hydroxyl groups is 1. The molecule has 2 nitrogen and oxygen atoms in total. The van der Waals surface area contributed by atoms with Gasteiger partial charge in [0.2, 0.25) is 0 Å². The van der Waals surface area contributed by atoms with Gasteiger partial charge in [0.1, 0.15) is 0 Å². The number of rotatable bonds is 3. The summed E-state index contributed by atoms with van der Waals surface area (Å²) in [5.74, 6) is 1.52. The van der Waals surface area contributed by atoms with E-state index in [-0.39, 0.29) is 5.75 Å². The van der Waals surface area contributed by atoms with Gasteiger partial charge in [0, 0.05) is 11.7 Å². The van der Waals surface area contributed by atoms with Crippen LogP contribution in [0.15, 0.2) is 12.1 Å². The van der Waals surface area contributed by atoms with Crippen molar-refractivity contribution in [3.8, 4) is 5.75 Å². The number of halogens is 2. The summed E-state index contributed by atoms with van der Waals surface area (Å²) in [6, 6.07) is 3.93. The zero-order chi connectivity index (χ0) is 12.6. The minimum atomic E-state index is -0.0486. The van der Waals surface area contributed by atoms with Crippen molar-refractivity contribution in [2.24, 2.45) is 11.8 Å². The fourth-order valence-corrected chi connectivity index (χ4v) is 2.70. The van der Waals surface area contributed by atoms with Gasteiger partial charge < -0.3 is 10.4 Å². The van der Waals surface area contributed by atoms with E-state index >= 15 is 0 Å². The van der Waals surface area contributed by atoms with Crippen molar-refractivity contribution in [2.75, 3.05) is 5.32 Å². The van der Waals surface area contributed by atoms with Gasteiger partial charge in [-0.1, -0.05) is 37.0 Å². The van der Waals surface area contributed by atoms with Crippen molar-refractivity contribution in [1.29, 1.82) is 0 Å². The first-order valence-electron chi connectivity index (χ1n) is 5.92. The van der Waals surface area contributed by atoms with Gasteiger partial charge in [-0.2, -0.15) is 0 Å². The Bertz CT molecular complexity index is 391. The molecule has 2 rings (SSSR count). The number of phenols is 1. The maximum absolute atomic E-state index is 9.46. The quantitative estimate of drug-likeness (QED) is 0.793. The molecule has 1 saturated carbocycles. The van der Waals surface area contributed by atoms with Gasteiger partial charge in [0.05, 0.1) is 10.0 Å². The molecule has 0 aliphatic heterocycles. The maximum Gasteiger partial charge on any atom is 0.152 e. The highest BCUT2D eigenvalue weighted by molar-refractivity contribution is 6.37. The molecule has 0 bridgehead atoms. The second-order valence-electron chi connectivity index (χ2n) is 5.11. The average Bonchev–Trinajstić information content (AvgIpc) is 2.18. The Morgan fingerprint density at radius 1 is 1.24 bits per heavy atom. The number of phenolic OH excluding ortho intramolecular Hbond substituents is 1. The lowest BCUT2D eigenvalue weighted by Gasteiger charge is -2.39. The lowest BCUT2D eigenvalue weighted by Crippen LogP contribution is -2.37. The molecule has 17 heavy (non-hydrogen) atoms. The Hall–Kier alpha value is -0.600. The van der Waals surface area contributed by atoms with Crippen LogP contribution in [0.5, 0.6) is 5.75 Å². The third-order valence-electron chi connectivity index (χ3n) is 3.51. The maximum atomic E-state index is 9.46. The summed E-state index contributed by atoms with van der Waals surface area (Å²) in [4.78, 5) is 0. The normalized spacial score (nSPS) is 23.6. The van der Waals surface area contributed by atoms with Crippen LogP contribution in [0.2, 0.25) is 10.0 Å². The van der Waals surface area contributed by atoms with Crippen LogP contribution in [0.1, 0.15) is 26.7 Å². The molecule has 4 heteroatoms. The molecular weight excluding hydrogens is 257 g/mol. The van der Waals surface area contributed by atoms with E-state index in [1.807, 2.05) is 0 Å². The Morgan fingerprint density at radius 2 is 1.76 bits per heavy atom. The second-order valence-corrected chi connectivity index (χ2v) is 5.92. The van der Waals surface area contributed by atoms with E-state index in [2.05, 4.69) is 19.2 Å². The van der Waals surface area contributed by atoms with Gasteiger partial charge in [0.25, 0.3) is 0 Å². The lowest BCUT2D eigenvalue weighted by molar-refractivity contribution is 0.212. The summed E-state index contributed by atoms with van der Waals surface area (Å²) in [7, 11) is 0. The number of hydrogen-bond donors (Lipinski definition) is 2. The zero-order valence-corrected chi connectivity index (χ0v) is 11.5. The van der Waals surface area contributed by atoms with Crippen molar-refractivity contribution < 1.29 is 5.11 Å². The molecule has 0 saturated heterocycles. The number of hydrogen-bond acceptors (Lipinski definition) is 2. The fraction of sp³-hybridized carbons (Fsp3) is 0.538. The first-order valence-corrected chi connectivity index (χ1v) is 6.67. The summed E-state index contributed by atoms with van der Waals surface area (Å²) in [6.45, 7) is 4.52. The highest BCUT2D eigenvalue weighted by atomic mass is 35.5. The molecule has 1 aromatic rings. The molecule has 1 aliphatic carbocycles. The van der Waals surface area contributed by atoms with Crippen molar-refractivity contribution in [3.05, 3.63) is 22.2 Å². The van der Waals surface area contributed by atoms with E-state index < -0.39 is 0 Å². The Labute approximate surface area is 112 Å². The predicted octanol–water partition coefficient (Wildman–Crippen LogP) is 4.55. The van der Waals surface area contributed by atoms with Crippen LogP contribution in [-0.2, 0) is 0 Å². The van der Waals surface area contributed by atoms with Crippen LogP contribution >= 0.6 is 23.2 Å². The molecule has 94 valence electrons. The minimum absolute atomic E-state index is 0.0486. The van der Waals surface area contributed by atoms with Gasteiger partial charge in [-0.25, -0.2) is 0 Å². The van der Waals surface area contributed by atoms with Crippen molar-refractivity contribution in [1.82, 2.24) is 0 Å². The largest absolute Gasteiger partial charge is 0.505 e. The standard InChI is InChI=1S/C13H17Cl2NO/c1-7(2)8-3-9(4-8)16-10-5-11(14)13(17)12(15)6-10/h5-9,16-17H,3-4H2,1-2H3. The van der Waals surface area contributed by atoms with Crippen LogP contribution in [0, 0.1) is 11.8 Å². The third-order valence-corrected chi connectivity index (χ3v) is 4.08. The van der Waals surface area contributed by atoms with Crippen LogP contribution in [0.25, 0.3) is 0 Å². The van der Waals surface area contributed by atoms with Crippen molar-refractivity contribution >= 4 is 28.9 Å². The molecule has 1 fully saturated rings. The Morgan fingerprint density at radius 3 is 2.24 bits per heavy atom. The fourth-order valence-electron chi connectivity index (χ4n) is 2.21. The summed E-state index contributed by atoms with van der Waals surface area (Å²) in [5.41, 5.74) is 0.880. The van der Waals surface area contributed by atoms with Gasteiger partial charge in [-0.3, -0.25) is 0 Å². The molecule has 0 spiro atoms. The van der Waals surface area contributed by atoms with Crippen molar-refractivity contribution in [2.45, 2.75) is 32.7 Å². The zero-order valence-electron chi connectivity index (χ0n) is 10.0. The van der Waals surface area contributed by atoms with E-state index in [0.717, 1.165) is 17.5 Å². The summed E-state index contributed by atoms with van der Waals surface area (Å²) in [5, 5.41) is 13.4.